The zero-order valence-corrected chi connectivity index (χ0v) is 19.4. The Labute approximate surface area is 184 Å². The number of carbonyl (C=O) groups excluding carboxylic acids is 2. The van der Waals surface area contributed by atoms with Crippen molar-refractivity contribution < 1.29 is 24.2 Å². The summed E-state index contributed by atoms with van der Waals surface area (Å²) in [6.07, 6.45) is 2.05. The van der Waals surface area contributed by atoms with Crippen molar-refractivity contribution >= 4 is 12.0 Å². The lowest BCUT2D eigenvalue weighted by Gasteiger charge is -2.35. The molecule has 3 atom stereocenters. The van der Waals surface area contributed by atoms with Gasteiger partial charge < -0.3 is 24.4 Å². The number of aryl methyl sites for hydroxylation is 1. The summed E-state index contributed by atoms with van der Waals surface area (Å²) in [4.78, 5) is 28.4. The van der Waals surface area contributed by atoms with E-state index in [-0.39, 0.29) is 43.1 Å². The van der Waals surface area contributed by atoms with Crippen LogP contribution in [-0.2, 0) is 27.4 Å². The van der Waals surface area contributed by atoms with Gasteiger partial charge in [-0.2, -0.15) is 0 Å². The predicted molar refractivity (Wildman–Crippen MR) is 114 cm³/mol. The van der Waals surface area contributed by atoms with Crippen molar-refractivity contribution in [2.24, 2.45) is 11.8 Å². The van der Waals surface area contributed by atoms with E-state index in [4.69, 9.17) is 9.47 Å². The van der Waals surface area contributed by atoms with E-state index in [0.29, 0.717) is 44.8 Å². The van der Waals surface area contributed by atoms with E-state index in [1.807, 2.05) is 33.9 Å². The smallest absolute Gasteiger partial charge is 0.409 e. The molecule has 0 aromatic carbocycles. The normalized spacial score (nSPS) is 21.8. The van der Waals surface area contributed by atoms with Crippen LogP contribution in [0.1, 0.15) is 46.2 Å². The standard InChI is InChI=1S/C21H37N5O5/c1-15(2)13-31-21(29)24(5)11-19-16(3)9-26(17(4)12-27)20(28)7-6-8-25-10-18(14-30-19)22-23-25/h10,15-17,19,27H,6-9,11-14H2,1-5H3/t16-,17+,19+/m1/s1. The lowest BCUT2D eigenvalue weighted by atomic mass is 10.0. The first-order valence-corrected chi connectivity index (χ1v) is 11.0. The lowest BCUT2D eigenvalue weighted by Crippen LogP contribution is -2.47. The third-order valence-electron chi connectivity index (χ3n) is 5.35. The molecule has 0 saturated heterocycles. The number of aliphatic hydroxyl groups excluding tert-OH is 1. The van der Waals surface area contributed by atoms with Crippen molar-refractivity contribution in [3.63, 3.8) is 0 Å². The van der Waals surface area contributed by atoms with Gasteiger partial charge >= 0.3 is 6.09 Å². The second-order valence-corrected chi connectivity index (χ2v) is 8.83. The molecule has 1 aromatic rings. The highest BCUT2D eigenvalue weighted by molar-refractivity contribution is 5.76. The minimum Gasteiger partial charge on any atom is -0.449 e. The Bertz CT molecular complexity index is 710. The molecule has 0 aliphatic carbocycles. The Morgan fingerprint density at radius 3 is 2.84 bits per heavy atom. The van der Waals surface area contributed by atoms with Gasteiger partial charge in [0.05, 0.1) is 44.7 Å². The maximum atomic E-state index is 12.9. The van der Waals surface area contributed by atoms with Gasteiger partial charge in [-0.3, -0.25) is 9.48 Å². The van der Waals surface area contributed by atoms with Crippen LogP contribution in [0.4, 0.5) is 4.79 Å². The van der Waals surface area contributed by atoms with Crippen LogP contribution in [0.5, 0.6) is 0 Å². The quantitative estimate of drug-likeness (QED) is 0.716. The zero-order chi connectivity index (χ0) is 23.0. The summed E-state index contributed by atoms with van der Waals surface area (Å²) in [5, 5.41) is 17.9. The third kappa shape index (κ3) is 7.77. The molecule has 31 heavy (non-hydrogen) atoms. The molecule has 0 saturated carbocycles. The van der Waals surface area contributed by atoms with Gasteiger partial charge in [0.2, 0.25) is 5.91 Å². The first kappa shape index (κ1) is 25.1. The zero-order valence-electron chi connectivity index (χ0n) is 19.4. The average molecular weight is 440 g/mol. The molecule has 0 unspecified atom stereocenters. The summed E-state index contributed by atoms with van der Waals surface area (Å²) in [5.41, 5.74) is 0.702. The largest absolute Gasteiger partial charge is 0.449 e. The highest BCUT2D eigenvalue weighted by atomic mass is 16.6. The summed E-state index contributed by atoms with van der Waals surface area (Å²) >= 11 is 0. The molecule has 1 aliphatic rings. The van der Waals surface area contributed by atoms with Gasteiger partial charge in [0.15, 0.2) is 0 Å². The SMILES string of the molecule is CC(C)COC(=O)N(C)C[C@@H]1OCc2cn(nn2)CCCC(=O)N([C@@H](C)CO)C[C@H]1C. The van der Waals surface area contributed by atoms with Gasteiger partial charge in [-0.05, 0) is 19.3 Å². The van der Waals surface area contributed by atoms with Gasteiger partial charge in [0.1, 0.15) is 5.69 Å². The predicted octanol–water partition coefficient (Wildman–Crippen LogP) is 1.53. The fourth-order valence-electron chi connectivity index (χ4n) is 3.39. The summed E-state index contributed by atoms with van der Waals surface area (Å²) in [6.45, 7) is 9.59. The number of rotatable bonds is 6. The molecule has 2 rings (SSSR count). The first-order chi connectivity index (χ1) is 14.7. The van der Waals surface area contributed by atoms with Crippen molar-refractivity contribution in [1.29, 1.82) is 0 Å². The molecule has 1 N–H and O–H groups in total. The Hall–Kier alpha value is -2.20. The summed E-state index contributed by atoms with van der Waals surface area (Å²) < 4.78 is 13.2. The van der Waals surface area contributed by atoms with Crippen LogP contribution in [0.2, 0.25) is 0 Å². The molecular weight excluding hydrogens is 402 g/mol. The summed E-state index contributed by atoms with van der Waals surface area (Å²) in [5.74, 6) is 0.144. The summed E-state index contributed by atoms with van der Waals surface area (Å²) in [7, 11) is 1.68. The van der Waals surface area contributed by atoms with Gasteiger partial charge in [-0.15, -0.1) is 5.10 Å². The number of carbonyl (C=O) groups is 2. The van der Waals surface area contributed by atoms with Crippen molar-refractivity contribution in [3.05, 3.63) is 11.9 Å². The van der Waals surface area contributed by atoms with Crippen LogP contribution in [0, 0.1) is 11.8 Å². The molecule has 10 nitrogen and oxygen atoms in total. The molecule has 0 radical (unpaired) electrons. The second-order valence-electron chi connectivity index (χ2n) is 8.83. The fourth-order valence-corrected chi connectivity index (χ4v) is 3.39. The van der Waals surface area contributed by atoms with E-state index < -0.39 is 6.09 Å². The van der Waals surface area contributed by atoms with Crippen molar-refractivity contribution in [1.82, 2.24) is 24.8 Å². The number of ether oxygens (including phenoxy) is 2. The molecule has 2 amide bonds. The molecule has 176 valence electrons. The van der Waals surface area contributed by atoms with Crippen LogP contribution in [0.3, 0.4) is 0 Å². The van der Waals surface area contributed by atoms with Crippen LogP contribution in [0.15, 0.2) is 6.20 Å². The Kier molecular flexibility index (Phi) is 9.70. The molecule has 10 heteroatoms. The van der Waals surface area contributed by atoms with Crippen LogP contribution < -0.4 is 0 Å². The Balaban J connectivity index is 2.17. The van der Waals surface area contributed by atoms with E-state index in [1.54, 1.807) is 16.6 Å². The highest BCUT2D eigenvalue weighted by Crippen LogP contribution is 2.17. The number of aromatic nitrogens is 3. The molecule has 2 heterocycles. The third-order valence-corrected chi connectivity index (χ3v) is 5.35. The first-order valence-electron chi connectivity index (χ1n) is 11.0. The number of nitrogens with zero attached hydrogens (tertiary/aromatic N) is 5. The monoisotopic (exact) mass is 439 g/mol. The van der Waals surface area contributed by atoms with E-state index in [1.165, 1.54) is 4.90 Å². The Morgan fingerprint density at radius 1 is 1.42 bits per heavy atom. The van der Waals surface area contributed by atoms with Gasteiger partial charge in [-0.1, -0.05) is 26.0 Å². The number of amides is 2. The van der Waals surface area contributed by atoms with Gasteiger partial charge in [-0.25, -0.2) is 4.79 Å². The molecule has 2 bridgehead atoms. The van der Waals surface area contributed by atoms with Gasteiger partial charge in [0, 0.05) is 32.5 Å². The minimum absolute atomic E-state index is 0.0172. The molecular formula is C21H37N5O5. The van der Waals surface area contributed by atoms with Crippen LogP contribution in [-0.4, -0.2) is 87.4 Å². The lowest BCUT2D eigenvalue weighted by molar-refractivity contribution is -0.136. The number of fused-ring (bicyclic) bond motifs is 2. The van der Waals surface area contributed by atoms with E-state index in [9.17, 15) is 14.7 Å². The molecule has 1 aliphatic heterocycles. The number of hydrogen-bond acceptors (Lipinski definition) is 7. The number of hydrogen-bond donors (Lipinski definition) is 1. The fraction of sp³-hybridized carbons (Fsp3) is 0.810. The summed E-state index contributed by atoms with van der Waals surface area (Å²) in [6, 6.07) is -0.299. The topological polar surface area (TPSA) is 110 Å². The molecule has 1 aromatic heterocycles. The minimum atomic E-state index is -0.407. The van der Waals surface area contributed by atoms with Crippen molar-refractivity contribution in [2.45, 2.75) is 65.8 Å². The number of likely N-dealkylation sites (N-methyl/N-ethyl adjacent to an activating group) is 1. The maximum Gasteiger partial charge on any atom is 0.409 e. The second kappa shape index (κ2) is 12.0. The molecule has 0 spiro atoms. The van der Waals surface area contributed by atoms with E-state index >= 15 is 0 Å². The van der Waals surface area contributed by atoms with E-state index in [2.05, 4.69) is 10.3 Å². The average Bonchev–Trinajstić information content (AvgIpc) is 3.19. The van der Waals surface area contributed by atoms with Crippen molar-refractivity contribution in [2.75, 3.05) is 33.4 Å². The highest BCUT2D eigenvalue weighted by Gasteiger charge is 2.29. The van der Waals surface area contributed by atoms with Gasteiger partial charge in [0.25, 0.3) is 0 Å². The Morgan fingerprint density at radius 2 is 2.16 bits per heavy atom. The van der Waals surface area contributed by atoms with E-state index in [0.717, 1.165) is 0 Å². The maximum absolute atomic E-state index is 12.9. The van der Waals surface area contributed by atoms with Crippen LogP contribution >= 0.6 is 0 Å². The molecule has 0 fully saturated rings. The van der Waals surface area contributed by atoms with Crippen molar-refractivity contribution in [3.8, 4) is 0 Å². The number of aliphatic hydroxyl groups is 1. The van der Waals surface area contributed by atoms with Crippen LogP contribution in [0.25, 0.3) is 0 Å².